The summed E-state index contributed by atoms with van der Waals surface area (Å²) >= 11 is 0. The molecule has 4 heteroatoms. The zero-order chi connectivity index (χ0) is 14.8. The van der Waals surface area contributed by atoms with Gasteiger partial charge in [-0.2, -0.15) is 0 Å². The van der Waals surface area contributed by atoms with E-state index in [1.165, 1.54) is 11.1 Å². The number of methoxy groups -OCH3 is 1. The first-order valence-corrected chi connectivity index (χ1v) is 7.14. The number of benzene rings is 1. The third-order valence-electron chi connectivity index (χ3n) is 4.12. The Morgan fingerprint density at radius 2 is 2.25 bits per heavy atom. The van der Waals surface area contributed by atoms with Gasteiger partial charge in [-0.05, 0) is 56.4 Å². The number of amides is 1. The summed E-state index contributed by atoms with van der Waals surface area (Å²) < 4.78 is 5.31. The quantitative estimate of drug-likeness (QED) is 0.866. The number of hydrogen-bond donors (Lipinski definition) is 2. The van der Waals surface area contributed by atoms with Crippen molar-refractivity contribution in [1.29, 1.82) is 0 Å². The summed E-state index contributed by atoms with van der Waals surface area (Å²) in [6.45, 7) is 4.33. The molecule has 4 nitrogen and oxygen atoms in total. The van der Waals surface area contributed by atoms with E-state index in [0.29, 0.717) is 6.54 Å². The lowest BCUT2D eigenvalue weighted by Gasteiger charge is -2.30. The molecule has 1 aromatic carbocycles. The number of nitrogens with two attached hydrogens (primary N) is 1. The Bertz CT molecular complexity index is 497. The van der Waals surface area contributed by atoms with Gasteiger partial charge in [-0.15, -0.1) is 0 Å². The van der Waals surface area contributed by atoms with Gasteiger partial charge in [-0.1, -0.05) is 6.07 Å². The van der Waals surface area contributed by atoms with Crippen LogP contribution in [0.3, 0.4) is 0 Å². The molecule has 0 aromatic heterocycles. The topological polar surface area (TPSA) is 64.3 Å². The Hall–Kier alpha value is -1.55. The molecular formula is C16H24N2O2. The average Bonchev–Trinajstić information content (AvgIpc) is 2.44. The first kappa shape index (κ1) is 14.9. The molecule has 0 saturated heterocycles. The highest BCUT2D eigenvalue weighted by Crippen LogP contribution is 2.33. The molecule has 20 heavy (non-hydrogen) atoms. The number of nitrogens with one attached hydrogen (secondary N) is 1. The predicted octanol–water partition coefficient (Wildman–Crippen LogP) is 2.17. The van der Waals surface area contributed by atoms with Gasteiger partial charge in [0.2, 0.25) is 5.91 Å². The molecule has 1 aliphatic carbocycles. The second-order valence-electron chi connectivity index (χ2n) is 6.14. The summed E-state index contributed by atoms with van der Waals surface area (Å²) in [5.74, 6) is 0.610. The molecule has 1 aliphatic rings. The van der Waals surface area contributed by atoms with Gasteiger partial charge < -0.3 is 15.8 Å². The standard InChI is InChI=1S/C16H24N2O2/c1-16(2,15(17)19)10-18-14-6-4-5-11-7-8-12(20-3)9-13(11)14/h7-9,14,18H,4-6,10H2,1-3H3,(H2,17,19). The number of fused-ring (bicyclic) bond motifs is 1. The second kappa shape index (κ2) is 5.83. The van der Waals surface area contributed by atoms with E-state index in [2.05, 4.69) is 17.4 Å². The molecule has 3 N–H and O–H groups in total. The minimum atomic E-state index is -0.531. The van der Waals surface area contributed by atoms with Gasteiger partial charge in [0.25, 0.3) is 0 Å². The van der Waals surface area contributed by atoms with E-state index in [4.69, 9.17) is 10.5 Å². The molecule has 1 aromatic rings. The Morgan fingerprint density at radius 1 is 1.50 bits per heavy atom. The molecule has 0 spiro atoms. The van der Waals surface area contributed by atoms with Crippen molar-refractivity contribution < 1.29 is 9.53 Å². The van der Waals surface area contributed by atoms with Crippen molar-refractivity contribution in [2.45, 2.75) is 39.2 Å². The summed E-state index contributed by atoms with van der Waals surface area (Å²) in [6, 6.07) is 6.52. The van der Waals surface area contributed by atoms with Crippen molar-refractivity contribution in [3.05, 3.63) is 29.3 Å². The van der Waals surface area contributed by atoms with Crippen LogP contribution in [0.5, 0.6) is 5.75 Å². The fraction of sp³-hybridized carbons (Fsp3) is 0.562. The number of primary amides is 1. The maximum atomic E-state index is 11.4. The SMILES string of the molecule is COc1ccc2c(c1)C(NCC(C)(C)C(N)=O)CCC2. The Morgan fingerprint density at radius 3 is 2.90 bits per heavy atom. The fourth-order valence-electron chi connectivity index (χ4n) is 2.58. The lowest BCUT2D eigenvalue weighted by Crippen LogP contribution is -2.42. The van der Waals surface area contributed by atoms with Crippen molar-refractivity contribution in [1.82, 2.24) is 5.32 Å². The lowest BCUT2D eigenvalue weighted by atomic mass is 9.86. The van der Waals surface area contributed by atoms with Crippen LogP contribution in [0.15, 0.2) is 18.2 Å². The van der Waals surface area contributed by atoms with Gasteiger partial charge in [0, 0.05) is 12.6 Å². The molecule has 1 amide bonds. The minimum Gasteiger partial charge on any atom is -0.497 e. The van der Waals surface area contributed by atoms with E-state index >= 15 is 0 Å². The first-order valence-electron chi connectivity index (χ1n) is 7.14. The van der Waals surface area contributed by atoms with Crippen LogP contribution < -0.4 is 15.8 Å². The molecule has 0 saturated carbocycles. The van der Waals surface area contributed by atoms with Crippen LogP contribution in [0.2, 0.25) is 0 Å². The number of hydrogen-bond acceptors (Lipinski definition) is 3. The molecule has 0 aliphatic heterocycles. The Labute approximate surface area is 120 Å². The van der Waals surface area contributed by atoms with Gasteiger partial charge in [-0.25, -0.2) is 0 Å². The summed E-state index contributed by atoms with van der Waals surface area (Å²) in [6.07, 6.45) is 3.35. The fourth-order valence-corrected chi connectivity index (χ4v) is 2.58. The summed E-state index contributed by atoms with van der Waals surface area (Å²) in [7, 11) is 1.68. The van der Waals surface area contributed by atoms with E-state index in [9.17, 15) is 4.79 Å². The van der Waals surface area contributed by atoms with Gasteiger partial charge in [-0.3, -0.25) is 4.79 Å². The van der Waals surface area contributed by atoms with E-state index in [1.54, 1.807) is 7.11 Å². The summed E-state index contributed by atoms with van der Waals surface area (Å²) in [5, 5.41) is 3.49. The molecular weight excluding hydrogens is 252 g/mol. The van der Waals surface area contributed by atoms with Crippen molar-refractivity contribution in [3.8, 4) is 5.75 Å². The highest BCUT2D eigenvalue weighted by atomic mass is 16.5. The second-order valence-corrected chi connectivity index (χ2v) is 6.14. The monoisotopic (exact) mass is 276 g/mol. The van der Waals surface area contributed by atoms with Crippen LogP contribution in [0.25, 0.3) is 0 Å². The van der Waals surface area contributed by atoms with E-state index < -0.39 is 5.41 Å². The molecule has 1 unspecified atom stereocenters. The van der Waals surface area contributed by atoms with Gasteiger partial charge >= 0.3 is 0 Å². The molecule has 0 heterocycles. The van der Waals surface area contributed by atoms with Crippen molar-refractivity contribution in [2.75, 3.05) is 13.7 Å². The van der Waals surface area contributed by atoms with E-state index in [-0.39, 0.29) is 11.9 Å². The Balaban J connectivity index is 2.14. The third kappa shape index (κ3) is 3.12. The number of carbonyl (C=O) groups excluding carboxylic acids is 1. The Kier molecular flexibility index (Phi) is 4.33. The maximum absolute atomic E-state index is 11.4. The molecule has 1 atom stereocenters. The molecule has 0 fully saturated rings. The predicted molar refractivity (Wildman–Crippen MR) is 79.7 cm³/mol. The summed E-state index contributed by atoms with van der Waals surface area (Å²) in [5.41, 5.74) is 7.55. The molecule has 110 valence electrons. The zero-order valence-corrected chi connectivity index (χ0v) is 12.5. The van der Waals surface area contributed by atoms with Crippen molar-refractivity contribution in [2.24, 2.45) is 11.1 Å². The minimum absolute atomic E-state index is 0.271. The third-order valence-corrected chi connectivity index (χ3v) is 4.12. The summed E-state index contributed by atoms with van der Waals surface area (Å²) in [4.78, 5) is 11.4. The highest BCUT2D eigenvalue weighted by molar-refractivity contribution is 5.80. The molecule has 2 rings (SSSR count). The number of rotatable bonds is 5. The molecule has 0 radical (unpaired) electrons. The van der Waals surface area contributed by atoms with Crippen LogP contribution in [0.1, 0.15) is 43.9 Å². The van der Waals surface area contributed by atoms with E-state index in [0.717, 1.165) is 25.0 Å². The van der Waals surface area contributed by atoms with Gasteiger partial charge in [0.15, 0.2) is 0 Å². The van der Waals surface area contributed by atoms with Gasteiger partial charge in [0.1, 0.15) is 5.75 Å². The highest BCUT2D eigenvalue weighted by Gasteiger charge is 2.27. The maximum Gasteiger partial charge on any atom is 0.224 e. The average molecular weight is 276 g/mol. The van der Waals surface area contributed by atoms with Crippen molar-refractivity contribution in [3.63, 3.8) is 0 Å². The molecule has 0 bridgehead atoms. The van der Waals surface area contributed by atoms with Crippen LogP contribution in [-0.2, 0) is 11.2 Å². The van der Waals surface area contributed by atoms with Crippen molar-refractivity contribution >= 4 is 5.91 Å². The smallest absolute Gasteiger partial charge is 0.224 e. The number of aryl methyl sites for hydroxylation is 1. The van der Waals surface area contributed by atoms with Gasteiger partial charge in [0.05, 0.1) is 12.5 Å². The van der Waals surface area contributed by atoms with Crippen LogP contribution in [-0.4, -0.2) is 19.6 Å². The van der Waals surface area contributed by atoms with Crippen LogP contribution in [0.4, 0.5) is 0 Å². The zero-order valence-electron chi connectivity index (χ0n) is 12.5. The number of carbonyl (C=O) groups is 1. The largest absolute Gasteiger partial charge is 0.497 e. The van der Waals surface area contributed by atoms with E-state index in [1.807, 2.05) is 19.9 Å². The normalized spacial score (nSPS) is 18.4. The lowest BCUT2D eigenvalue weighted by molar-refractivity contribution is -0.125. The van der Waals surface area contributed by atoms with Crippen LogP contribution in [0, 0.1) is 5.41 Å². The van der Waals surface area contributed by atoms with Crippen LogP contribution >= 0.6 is 0 Å². The first-order chi connectivity index (χ1) is 9.44. The number of ether oxygens (including phenoxy) is 1.